The third-order valence-corrected chi connectivity index (χ3v) is 3.40. The molecule has 0 aliphatic rings. The van der Waals surface area contributed by atoms with E-state index < -0.39 is 0 Å². The molecular weight excluding hydrogens is 274 g/mol. The van der Waals surface area contributed by atoms with Crippen LogP contribution in [0.3, 0.4) is 0 Å². The monoisotopic (exact) mass is 297 g/mol. The number of nitrogens with one attached hydrogen (secondary N) is 2. The second-order valence-electron chi connectivity index (χ2n) is 5.94. The second kappa shape index (κ2) is 7.07. The molecule has 2 rings (SSSR count). The molecule has 0 saturated carbocycles. The highest BCUT2D eigenvalue weighted by Crippen LogP contribution is 2.26. The first-order chi connectivity index (χ1) is 10.5. The van der Waals surface area contributed by atoms with E-state index in [2.05, 4.69) is 41.6 Å². The highest BCUT2D eigenvalue weighted by molar-refractivity contribution is 5.91. The summed E-state index contributed by atoms with van der Waals surface area (Å²) in [5, 5.41) is 6.17. The first-order valence-electron chi connectivity index (χ1n) is 7.60. The van der Waals surface area contributed by atoms with Crippen LogP contribution in [0.15, 0.2) is 42.6 Å². The summed E-state index contributed by atoms with van der Waals surface area (Å²) in [6, 6.07) is 12.0. The Labute approximate surface area is 132 Å². The van der Waals surface area contributed by atoms with Crippen molar-refractivity contribution in [2.75, 3.05) is 10.6 Å². The van der Waals surface area contributed by atoms with Gasteiger partial charge < -0.3 is 10.6 Å². The van der Waals surface area contributed by atoms with Crippen molar-refractivity contribution in [3.05, 3.63) is 48.2 Å². The molecule has 4 heteroatoms. The first-order valence-corrected chi connectivity index (χ1v) is 7.60. The van der Waals surface area contributed by atoms with Gasteiger partial charge in [-0.25, -0.2) is 4.98 Å². The molecule has 1 aromatic carbocycles. The molecule has 0 fully saturated rings. The van der Waals surface area contributed by atoms with E-state index in [-0.39, 0.29) is 11.8 Å². The van der Waals surface area contributed by atoms with Gasteiger partial charge in [0.25, 0.3) is 0 Å². The van der Waals surface area contributed by atoms with Crippen LogP contribution in [0.1, 0.15) is 39.2 Å². The molecule has 0 radical (unpaired) electrons. The van der Waals surface area contributed by atoms with Crippen LogP contribution in [0.2, 0.25) is 0 Å². The molecule has 116 valence electrons. The molecule has 0 atom stereocenters. The fraction of sp³-hybridized carbons (Fsp3) is 0.333. The molecule has 2 N–H and O–H groups in total. The van der Waals surface area contributed by atoms with Gasteiger partial charge in [0, 0.05) is 11.6 Å². The van der Waals surface area contributed by atoms with Gasteiger partial charge in [-0.15, -0.1) is 0 Å². The Hall–Kier alpha value is -2.36. The lowest BCUT2D eigenvalue weighted by Gasteiger charge is -2.14. The van der Waals surface area contributed by atoms with Crippen LogP contribution in [-0.2, 0) is 4.79 Å². The number of nitrogens with zero attached hydrogens (tertiary/aromatic N) is 1. The van der Waals surface area contributed by atoms with Gasteiger partial charge in [-0.05, 0) is 29.7 Å². The number of rotatable bonds is 5. The highest BCUT2D eigenvalue weighted by atomic mass is 16.1. The Morgan fingerprint density at radius 1 is 1.05 bits per heavy atom. The van der Waals surface area contributed by atoms with Crippen LogP contribution in [0.25, 0.3) is 0 Å². The van der Waals surface area contributed by atoms with Gasteiger partial charge in [0.2, 0.25) is 5.91 Å². The van der Waals surface area contributed by atoms with Gasteiger partial charge in [0.15, 0.2) is 0 Å². The number of aromatic nitrogens is 1. The van der Waals surface area contributed by atoms with Crippen molar-refractivity contribution >= 4 is 23.1 Å². The zero-order chi connectivity index (χ0) is 16.1. The van der Waals surface area contributed by atoms with Crippen molar-refractivity contribution in [2.45, 2.75) is 33.6 Å². The average Bonchev–Trinajstić information content (AvgIpc) is 2.49. The second-order valence-corrected chi connectivity index (χ2v) is 5.94. The molecule has 22 heavy (non-hydrogen) atoms. The van der Waals surface area contributed by atoms with Crippen LogP contribution in [0, 0.1) is 5.92 Å². The Morgan fingerprint density at radius 2 is 1.77 bits per heavy atom. The number of carbonyl (C=O) groups excluding carboxylic acids is 1. The molecule has 0 saturated heterocycles. The molecule has 1 aromatic heterocycles. The SMILES string of the molecule is CC(C)C(=O)Nc1ccc(Nc2ccccc2C(C)C)cn1. The quantitative estimate of drug-likeness (QED) is 0.851. The topological polar surface area (TPSA) is 54.0 Å². The number of anilines is 3. The van der Waals surface area contributed by atoms with Gasteiger partial charge in [-0.1, -0.05) is 45.9 Å². The number of benzene rings is 1. The highest BCUT2D eigenvalue weighted by Gasteiger charge is 2.08. The number of hydrogen-bond donors (Lipinski definition) is 2. The van der Waals surface area contributed by atoms with E-state index >= 15 is 0 Å². The van der Waals surface area contributed by atoms with Crippen molar-refractivity contribution in [2.24, 2.45) is 5.92 Å². The van der Waals surface area contributed by atoms with E-state index in [1.807, 2.05) is 32.0 Å². The fourth-order valence-corrected chi connectivity index (χ4v) is 2.08. The Kier molecular flexibility index (Phi) is 5.15. The number of carbonyl (C=O) groups is 1. The summed E-state index contributed by atoms with van der Waals surface area (Å²) >= 11 is 0. The normalized spacial score (nSPS) is 10.8. The van der Waals surface area contributed by atoms with Crippen molar-refractivity contribution in [3.8, 4) is 0 Å². The zero-order valence-corrected chi connectivity index (χ0v) is 13.6. The first kappa shape index (κ1) is 16.0. The van der Waals surface area contributed by atoms with Gasteiger partial charge in [-0.3, -0.25) is 4.79 Å². The maximum Gasteiger partial charge on any atom is 0.228 e. The summed E-state index contributed by atoms with van der Waals surface area (Å²) in [5.41, 5.74) is 3.24. The molecule has 0 aliphatic carbocycles. The Bertz CT molecular complexity index is 633. The van der Waals surface area contributed by atoms with E-state index in [0.29, 0.717) is 11.7 Å². The summed E-state index contributed by atoms with van der Waals surface area (Å²) in [7, 11) is 0. The largest absolute Gasteiger partial charge is 0.354 e. The average molecular weight is 297 g/mol. The number of amides is 1. The van der Waals surface area contributed by atoms with Gasteiger partial charge in [0.1, 0.15) is 5.82 Å². The standard InChI is InChI=1S/C18H23N3O/c1-12(2)15-7-5-6-8-16(15)20-14-9-10-17(19-11-14)21-18(22)13(3)4/h5-13,20H,1-4H3,(H,19,21,22). The Balaban J connectivity index is 2.10. The predicted octanol–water partition coefficient (Wildman–Crippen LogP) is 4.54. The van der Waals surface area contributed by atoms with Gasteiger partial charge in [-0.2, -0.15) is 0 Å². The fourth-order valence-electron chi connectivity index (χ4n) is 2.08. The number of hydrogen-bond acceptors (Lipinski definition) is 3. The van der Waals surface area contributed by atoms with Crippen molar-refractivity contribution in [1.82, 2.24) is 4.98 Å². The maximum absolute atomic E-state index is 11.6. The predicted molar refractivity (Wildman–Crippen MR) is 91.5 cm³/mol. The molecule has 0 bridgehead atoms. The van der Waals surface area contributed by atoms with Crippen molar-refractivity contribution in [1.29, 1.82) is 0 Å². The van der Waals surface area contributed by atoms with E-state index in [1.54, 1.807) is 12.3 Å². The molecule has 0 spiro atoms. The van der Waals surface area contributed by atoms with E-state index in [9.17, 15) is 4.79 Å². The summed E-state index contributed by atoms with van der Waals surface area (Å²) in [6.45, 7) is 8.05. The summed E-state index contributed by atoms with van der Waals surface area (Å²) in [4.78, 5) is 15.9. The zero-order valence-electron chi connectivity index (χ0n) is 13.6. The smallest absolute Gasteiger partial charge is 0.228 e. The van der Waals surface area contributed by atoms with E-state index in [4.69, 9.17) is 0 Å². The molecule has 0 aliphatic heterocycles. The van der Waals surface area contributed by atoms with Gasteiger partial charge >= 0.3 is 0 Å². The molecule has 0 unspecified atom stereocenters. The summed E-state index contributed by atoms with van der Waals surface area (Å²) in [5.74, 6) is 0.929. The minimum atomic E-state index is -0.0579. The number of para-hydroxylation sites is 1. The van der Waals surface area contributed by atoms with E-state index in [1.165, 1.54) is 5.56 Å². The molecule has 2 aromatic rings. The summed E-state index contributed by atoms with van der Waals surface area (Å²) < 4.78 is 0. The minimum absolute atomic E-state index is 0.0293. The maximum atomic E-state index is 11.6. The lowest BCUT2D eigenvalue weighted by Crippen LogP contribution is -2.18. The third kappa shape index (κ3) is 4.07. The van der Waals surface area contributed by atoms with Crippen LogP contribution in [0.4, 0.5) is 17.2 Å². The van der Waals surface area contributed by atoms with Crippen LogP contribution in [-0.4, -0.2) is 10.9 Å². The van der Waals surface area contributed by atoms with Crippen molar-refractivity contribution < 1.29 is 4.79 Å². The molecule has 4 nitrogen and oxygen atoms in total. The lowest BCUT2D eigenvalue weighted by atomic mass is 10.0. The third-order valence-electron chi connectivity index (χ3n) is 3.40. The molecule has 1 heterocycles. The summed E-state index contributed by atoms with van der Waals surface area (Å²) in [6.07, 6.45) is 1.73. The van der Waals surface area contributed by atoms with Crippen LogP contribution >= 0.6 is 0 Å². The lowest BCUT2D eigenvalue weighted by molar-refractivity contribution is -0.118. The van der Waals surface area contributed by atoms with Crippen molar-refractivity contribution in [3.63, 3.8) is 0 Å². The minimum Gasteiger partial charge on any atom is -0.354 e. The van der Waals surface area contributed by atoms with Crippen LogP contribution in [0.5, 0.6) is 0 Å². The van der Waals surface area contributed by atoms with Gasteiger partial charge in [0.05, 0.1) is 11.9 Å². The molecule has 1 amide bonds. The molecular formula is C18H23N3O. The van der Waals surface area contributed by atoms with E-state index in [0.717, 1.165) is 11.4 Å². The number of pyridine rings is 1. The Morgan fingerprint density at radius 3 is 2.36 bits per heavy atom. The van der Waals surface area contributed by atoms with Crippen LogP contribution < -0.4 is 10.6 Å².